The maximum atomic E-state index is 13.4. The number of ether oxygens (including phenoxy) is 1. The molecule has 2 aromatic carbocycles. The van der Waals surface area contributed by atoms with Gasteiger partial charge in [-0.15, -0.1) is 0 Å². The highest BCUT2D eigenvalue weighted by Crippen LogP contribution is 2.39. The number of fused-ring (bicyclic) bond motifs is 2. The Kier molecular flexibility index (Phi) is 6.80. The molecule has 1 N–H and O–H groups in total. The highest BCUT2D eigenvalue weighted by molar-refractivity contribution is 6.06. The molecule has 0 spiro atoms. The highest BCUT2D eigenvalue weighted by atomic mass is 16.6. The molecule has 188 valence electrons. The van der Waals surface area contributed by atoms with Gasteiger partial charge in [0, 0.05) is 17.1 Å². The molecule has 1 unspecified atom stereocenters. The van der Waals surface area contributed by atoms with E-state index in [1.165, 1.54) is 6.07 Å². The minimum absolute atomic E-state index is 0.0731. The lowest BCUT2D eigenvalue weighted by molar-refractivity contribution is -0.384. The van der Waals surface area contributed by atoms with E-state index in [1.807, 2.05) is 24.3 Å². The number of nitrogens with zero attached hydrogens (tertiary/aromatic N) is 2. The summed E-state index contributed by atoms with van der Waals surface area (Å²) in [4.78, 5) is 41.7. The number of nitro groups is 1. The van der Waals surface area contributed by atoms with Crippen molar-refractivity contribution in [1.82, 2.24) is 4.98 Å². The zero-order valence-electron chi connectivity index (χ0n) is 21.3. The second-order valence-electron chi connectivity index (χ2n) is 10.6. The van der Waals surface area contributed by atoms with Gasteiger partial charge < -0.3 is 10.1 Å². The molecule has 0 aliphatic heterocycles. The molecule has 0 fully saturated rings. The number of nitrogens with one attached hydrogen (secondary N) is 1. The van der Waals surface area contributed by atoms with Crippen LogP contribution in [0.2, 0.25) is 0 Å². The van der Waals surface area contributed by atoms with Crippen molar-refractivity contribution in [3.8, 4) is 0 Å². The summed E-state index contributed by atoms with van der Waals surface area (Å²) < 4.78 is 5.46. The molecule has 0 saturated carbocycles. The van der Waals surface area contributed by atoms with Crippen molar-refractivity contribution < 1.29 is 19.2 Å². The predicted octanol–water partition coefficient (Wildman–Crippen LogP) is 5.71. The Hall–Kier alpha value is -3.81. The van der Waals surface area contributed by atoms with Gasteiger partial charge in [-0.3, -0.25) is 19.9 Å². The van der Waals surface area contributed by atoms with Gasteiger partial charge >= 0.3 is 5.97 Å². The van der Waals surface area contributed by atoms with Crippen LogP contribution in [0.3, 0.4) is 0 Å². The van der Waals surface area contributed by atoms with Crippen LogP contribution >= 0.6 is 0 Å². The van der Waals surface area contributed by atoms with Crippen molar-refractivity contribution in [3.63, 3.8) is 0 Å². The Balaban J connectivity index is 1.59. The molecule has 1 aromatic heterocycles. The topological polar surface area (TPSA) is 111 Å². The first-order chi connectivity index (χ1) is 17.0. The Bertz CT molecular complexity index is 1370. The summed E-state index contributed by atoms with van der Waals surface area (Å²) in [7, 11) is 0. The molecule has 0 saturated heterocycles. The summed E-state index contributed by atoms with van der Waals surface area (Å²) in [6.45, 7) is 9.61. The summed E-state index contributed by atoms with van der Waals surface area (Å²) in [5.74, 6) is -0.855. The van der Waals surface area contributed by atoms with E-state index in [9.17, 15) is 19.7 Å². The number of hydrogen-bond donors (Lipinski definition) is 1. The van der Waals surface area contributed by atoms with Crippen LogP contribution < -0.4 is 5.32 Å². The van der Waals surface area contributed by atoms with Crippen LogP contribution in [-0.2, 0) is 22.4 Å². The fraction of sp³-hybridized carbons (Fsp3) is 0.393. The van der Waals surface area contributed by atoms with Crippen LogP contribution in [0.4, 0.5) is 11.4 Å². The number of carbonyl (C=O) groups is 2. The van der Waals surface area contributed by atoms with E-state index >= 15 is 0 Å². The van der Waals surface area contributed by atoms with Crippen molar-refractivity contribution in [1.29, 1.82) is 0 Å². The molecule has 0 bridgehead atoms. The number of esters is 1. The normalized spacial score (nSPS) is 15.3. The van der Waals surface area contributed by atoms with Gasteiger partial charge in [0.15, 0.2) is 6.61 Å². The molecule has 3 aromatic rings. The molecular formula is C28H31N3O5. The van der Waals surface area contributed by atoms with Crippen LogP contribution in [0.1, 0.15) is 59.9 Å². The lowest BCUT2D eigenvalue weighted by atomic mass is 9.70. The van der Waals surface area contributed by atoms with E-state index in [0.29, 0.717) is 28.8 Å². The van der Waals surface area contributed by atoms with E-state index < -0.39 is 23.4 Å². The summed E-state index contributed by atoms with van der Waals surface area (Å²) in [5.41, 5.74) is 4.44. The number of benzene rings is 2. The Morgan fingerprint density at radius 1 is 1.17 bits per heavy atom. The smallest absolute Gasteiger partial charge is 0.339 e. The van der Waals surface area contributed by atoms with Crippen LogP contribution in [-0.4, -0.2) is 28.4 Å². The maximum Gasteiger partial charge on any atom is 0.339 e. The third-order valence-electron chi connectivity index (χ3n) is 7.11. The number of carbonyl (C=O) groups excluding carboxylic acids is 2. The Morgan fingerprint density at radius 2 is 1.86 bits per heavy atom. The maximum absolute atomic E-state index is 13.4. The van der Waals surface area contributed by atoms with Gasteiger partial charge in [-0.1, -0.05) is 39.0 Å². The third kappa shape index (κ3) is 5.08. The van der Waals surface area contributed by atoms with Gasteiger partial charge in [-0.25, -0.2) is 4.79 Å². The number of nitro benzene ring substituents is 1. The fourth-order valence-electron chi connectivity index (χ4n) is 4.80. The highest BCUT2D eigenvalue weighted by Gasteiger charge is 2.33. The molecular weight excluding hydrogens is 458 g/mol. The van der Waals surface area contributed by atoms with Crippen molar-refractivity contribution in [2.45, 2.75) is 53.9 Å². The van der Waals surface area contributed by atoms with Crippen LogP contribution in [0.5, 0.6) is 0 Å². The first kappa shape index (κ1) is 25.3. The molecule has 4 rings (SSSR count). The number of hydrogen-bond acceptors (Lipinski definition) is 6. The second kappa shape index (κ2) is 9.68. The second-order valence-corrected chi connectivity index (χ2v) is 10.6. The summed E-state index contributed by atoms with van der Waals surface area (Å²) >= 11 is 0. The quantitative estimate of drug-likeness (QED) is 0.279. The number of rotatable bonds is 5. The first-order valence-electron chi connectivity index (χ1n) is 12.1. The Labute approximate surface area is 210 Å². The predicted molar refractivity (Wildman–Crippen MR) is 138 cm³/mol. The molecule has 1 amide bonds. The number of aryl methyl sites for hydroxylation is 3. The standard InChI is InChI=1S/C28H31N3O5/c1-16-12-23(24(31(34)35)13-17(16)2)30-25(32)15-36-27(33)26-19-8-6-7-9-21(19)29-22-11-10-18(14-20(22)26)28(3,4)5/h6-9,12-13,18H,10-11,14-15H2,1-5H3,(H,30,32). The van der Waals surface area contributed by atoms with Gasteiger partial charge in [-0.05, 0) is 73.3 Å². The van der Waals surface area contributed by atoms with Crippen LogP contribution in [0.15, 0.2) is 36.4 Å². The number of aromatic nitrogens is 1. The van der Waals surface area contributed by atoms with Gasteiger partial charge in [-0.2, -0.15) is 0 Å². The molecule has 1 aliphatic rings. The average molecular weight is 490 g/mol. The number of pyridine rings is 1. The van der Waals surface area contributed by atoms with Gasteiger partial charge in [0.25, 0.3) is 11.6 Å². The number of anilines is 1. The lowest BCUT2D eigenvalue weighted by Crippen LogP contribution is -2.29. The molecule has 1 heterocycles. The lowest BCUT2D eigenvalue weighted by Gasteiger charge is -2.35. The van der Waals surface area contributed by atoms with E-state index in [2.05, 4.69) is 26.1 Å². The summed E-state index contributed by atoms with van der Waals surface area (Å²) in [6, 6.07) is 10.4. The Morgan fingerprint density at radius 3 is 2.56 bits per heavy atom. The molecule has 8 nitrogen and oxygen atoms in total. The molecule has 1 atom stereocenters. The molecule has 36 heavy (non-hydrogen) atoms. The zero-order chi connectivity index (χ0) is 26.2. The summed E-state index contributed by atoms with van der Waals surface area (Å²) in [6.07, 6.45) is 2.48. The molecule has 8 heteroatoms. The van der Waals surface area contributed by atoms with Crippen LogP contribution in [0, 0.1) is 35.3 Å². The van der Waals surface area contributed by atoms with Crippen molar-refractivity contribution in [2.75, 3.05) is 11.9 Å². The van der Waals surface area contributed by atoms with Crippen molar-refractivity contribution in [3.05, 3.63) is 74.5 Å². The van der Waals surface area contributed by atoms with Gasteiger partial charge in [0.2, 0.25) is 0 Å². The van der Waals surface area contributed by atoms with E-state index in [1.54, 1.807) is 19.9 Å². The number of para-hydroxylation sites is 1. The zero-order valence-corrected chi connectivity index (χ0v) is 21.3. The monoisotopic (exact) mass is 489 g/mol. The van der Waals surface area contributed by atoms with Gasteiger partial charge in [0.05, 0.1) is 16.0 Å². The minimum Gasteiger partial charge on any atom is -0.452 e. The average Bonchev–Trinajstić information content (AvgIpc) is 2.82. The fourth-order valence-corrected chi connectivity index (χ4v) is 4.80. The third-order valence-corrected chi connectivity index (χ3v) is 7.11. The SMILES string of the molecule is Cc1cc(NC(=O)COC(=O)c2c3c(nc4ccccc24)CCC(C(C)(C)C)C3)c([N+](=O)[O-])cc1C. The van der Waals surface area contributed by atoms with Crippen LogP contribution in [0.25, 0.3) is 10.9 Å². The van der Waals surface area contributed by atoms with E-state index in [4.69, 9.17) is 9.72 Å². The number of amides is 1. The van der Waals surface area contributed by atoms with Crippen molar-refractivity contribution in [2.24, 2.45) is 11.3 Å². The molecule has 1 aliphatic carbocycles. The molecule has 0 radical (unpaired) electrons. The minimum atomic E-state index is -0.644. The van der Waals surface area contributed by atoms with Crippen molar-refractivity contribution >= 4 is 34.2 Å². The van der Waals surface area contributed by atoms with Gasteiger partial charge in [0.1, 0.15) is 5.69 Å². The largest absolute Gasteiger partial charge is 0.452 e. The van der Waals surface area contributed by atoms with E-state index in [0.717, 1.165) is 35.2 Å². The van der Waals surface area contributed by atoms with E-state index in [-0.39, 0.29) is 16.8 Å². The first-order valence-corrected chi connectivity index (χ1v) is 12.1. The summed E-state index contributed by atoms with van der Waals surface area (Å²) in [5, 5.41) is 14.7.